The lowest BCUT2D eigenvalue weighted by atomic mass is 10.1. The lowest BCUT2D eigenvalue weighted by Crippen LogP contribution is -2.06. The van der Waals surface area contributed by atoms with E-state index in [2.05, 4.69) is 26.7 Å². The molecule has 0 amide bonds. The van der Waals surface area contributed by atoms with E-state index >= 15 is 0 Å². The van der Waals surface area contributed by atoms with Gasteiger partial charge in [-0.3, -0.25) is 0 Å². The third-order valence-corrected chi connectivity index (χ3v) is 4.06. The van der Waals surface area contributed by atoms with Crippen LogP contribution in [0.15, 0.2) is 83.5 Å². The van der Waals surface area contributed by atoms with Gasteiger partial charge < -0.3 is 15.1 Å². The van der Waals surface area contributed by atoms with E-state index in [0.717, 1.165) is 22.7 Å². The number of rotatable bonds is 6. The molecule has 0 radical (unpaired) electrons. The summed E-state index contributed by atoms with van der Waals surface area (Å²) >= 11 is 0. The second kappa shape index (κ2) is 8.06. The molecule has 2 N–H and O–H groups in total. The number of furan rings is 1. The van der Waals surface area contributed by atoms with E-state index in [1.165, 1.54) is 0 Å². The predicted octanol–water partition coefficient (Wildman–Crippen LogP) is 4.96. The van der Waals surface area contributed by atoms with E-state index in [0.29, 0.717) is 23.9 Å². The van der Waals surface area contributed by atoms with Crippen LogP contribution in [0.25, 0.3) is 11.3 Å². The molecule has 4 aromatic rings. The van der Waals surface area contributed by atoms with E-state index < -0.39 is 0 Å². The fraction of sp³-hybridized carbons (Fsp3) is 0.0455. The van der Waals surface area contributed by atoms with Gasteiger partial charge in [0, 0.05) is 17.3 Å². The highest BCUT2D eigenvalue weighted by Gasteiger charge is 2.08. The molecule has 2 aromatic carbocycles. The molecule has 0 atom stereocenters. The van der Waals surface area contributed by atoms with Gasteiger partial charge in [0.1, 0.15) is 11.6 Å². The number of nitriles is 1. The highest BCUT2D eigenvalue weighted by Crippen LogP contribution is 2.24. The van der Waals surface area contributed by atoms with E-state index in [4.69, 9.17) is 9.68 Å². The van der Waals surface area contributed by atoms with Gasteiger partial charge in [0.05, 0.1) is 30.1 Å². The first-order chi connectivity index (χ1) is 13.8. The zero-order valence-electron chi connectivity index (χ0n) is 15.0. The Morgan fingerprint density at radius 2 is 1.82 bits per heavy atom. The summed E-state index contributed by atoms with van der Waals surface area (Å²) in [6, 6.07) is 24.9. The van der Waals surface area contributed by atoms with Crippen LogP contribution in [0.3, 0.4) is 0 Å². The normalized spacial score (nSPS) is 10.2. The Morgan fingerprint density at radius 1 is 0.929 bits per heavy atom. The first-order valence-corrected chi connectivity index (χ1v) is 8.78. The van der Waals surface area contributed by atoms with E-state index in [-0.39, 0.29) is 0 Å². The third-order valence-electron chi connectivity index (χ3n) is 4.06. The Bertz CT molecular complexity index is 1100. The largest absolute Gasteiger partial charge is 0.467 e. The van der Waals surface area contributed by atoms with Gasteiger partial charge in [0.15, 0.2) is 0 Å². The molecule has 2 heterocycles. The van der Waals surface area contributed by atoms with Crippen molar-refractivity contribution in [1.29, 1.82) is 5.26 Å². The number of benzene rings is 2. The van der Waals surface area contributed by atoms with Crippen molar-refractivity contribution >= 4 is 17.5 Å². The molecule has 0 bridgehead atoms. The maximum Gasteiger partial charge on any atom is 0.225 e. The third kappa shape index (κ3) is 4.17. The summed E-state index contributed by atoms with van der Waals surface area (Å²) in [6.45, 7) is 0.481. The number of anilines is 3. The predicted molar refractivity (Wildman–Crippen MR) is 108 cm³/mol. The lowest BCUT2D eigenvalue weighted by molar-refractivity contribution is 0.517. The molecule has 0 unspecified atom stereocenters. The van der Waals surface area contributed by atoms with Gasteiger partial charge in [-0.05, 0) is 30.3 Å². The minimum Gasteiger partial charge on any atom is -0.467 e. The van der Waals surface area contributed by atoms with E-state index in [1.807, 2.05) is 60.7 Å². The first-order valence-electron chi connectivity index (χ1n) is 8.78. The van der Waals surface area contributed by atoms with Crippen LogP contribution in [0.2, 0.25) is 0 Å². The van der Waals surface area contributed by atoms with Crippen LogP contribution in [-0.4, -0.2) is 9.97 Å². The molecule has 0 aliphatic carbocycles. The Hall–Kier alpha value is -4.11. The number of nitrogens with zero attached hydrogens (tertiary/aromatic N) is 3. The highest BCUT2D eigenvalue weighted by molar-refractivity contribution is 5.67. The van der Waals surface area contributed by atoms with E-state index in [9.17, 15) is 0 Å². The second-order valence-electron chi connectivity index (χ2n) is 6.08. The van der Waals surface area contributed by atoms with Crippen LogP contribution in [0.5, 0.6) is 0 Å². The maximum absolute atomic E-state index is 9.10. The van der Waals surface area contributed by atoms with Gasteiger partial charge in [-0.15, -0.1) is 0 Å². The average Bonchev–Trinajstić information content (AvgIpc) is 3.27. The summed E-state index contributed by atoms with van der Waals surface area (Å²) in [5.41, 5.74) is 3.14. The molecule has 0 aliphatic heterocycles. The van der Waals surface area contributed by atoms with Crippen molar-refractivity contribution in [3.8, 4) is 17.3 Å². The summed E-state index contributed by atoms with van der Waals surface area (Å²) < 4.78 is 5.36. The Morgan fingerprint density at radius 3 is 2.61 bits per heavy atom. The monoisotopic (exact) mass is 367 g/mol. The SMILES string of the molecule is N#Cc1cccc(Nc2cc(-c3ccccc3)nc(NCc3ccco3)n2)c1. The molecule has 0 spiro atoms. The van der Waals surface area contributed by atoms with Crippen LogP contribution in [0, 0.1) is 11.3 Å². The second-order valence-corrected chi connectivity index (χ2v) is 6.08. The standard InChI is InChI=1S/C22H17N5O/c23-14-16-6-4-9-18(12-16)25-21-13-20(17-7-2-1-3-8-17)26-22(27-21)24-15-19-10-5-11-28-19/h1-13H,15H2,(H2,24,25,26,27). The molecule has 136 valence electrons. The molecular weight excluding hydrogens is 350 g/mol. The molecule has 0 fully saturated rings. The first kappa shape index (κ1) is 17.3. The van der Waals surface area contributed by atoms with Gasteiger partial charge >= 0.3 is 0 Å². The molecule has 6 nitrogen and oxygen atoms in total. The quantitative estimate of drug-likeness (QED) is 0.501. The van der Waals surface area contributed by atoms with Crippen LogP contribution in [0.4, 0.5) is 17.5 Å². The zero-order valence-corrected chi connectivity index (χ0v) is 15.0. The van der Waals surface area contributed by atoms with Gasteiger partial charge in [-0.2, -0.15) is 10.2 Å². The van der Waals surface area contributed by atoms with Crippen molar-refractivity contribution in [3.63, 3.8) is 0 Å². The van der Waals surface area contributed by atoms with Gasteiger partial charge in [0.25, 0.3) is 0 Å². The maximum atomic E-state index is 9.10. The molecule has 2 aromatic heterocycles. The number of hydrogen-bond donors (Lipinski definition) is 2. The van der Waals surface area contributed by atoms with Crippen molar-refractivity contribution in [2.45, 2.75) is 6.54 Å². The molecule has 4 rings (SSSR count). The number of hydrogen-bond acceptors (Lipinski definition) is 6. The lowest BCUT2D eigenvalue weighted by Gasteiger charge is -2.11. The van der Waals surface area contributed by atoms with Crippen LogP contribution in [-0.2, 0) is 6.54 Å². The molecule has 6 heteroatoms. The van der Waals surface area contributed by atoms with Crippen molar-refractivity contribution < 1.29 is 4.42 Å². The van der Waals surface area contributed by atoms with Crippen LogP contribution in [0.1, 0.15) is 11.3 Å². The molecule has 0 saturated heterocycles. The topological polar surface area (TPSA) is 86.8 Å². The van der Waals surface area contributed by atoms with E-state index in [1.54, 1.807) is 18.4 Å². The van der Waals surface area contributed by atoms with Gasteiger partial charge in [-0.25, -0.2) is 4.98 Å². The Labute approximate surface area is 162 Å². The minimum atomic E-state index is 0.481. The van der Waals surface area contributed by atoms with Gasteiger partial charge in [0.2, 0.25) is 5.95 Å². The fourth-order valence-corrected chi connectivity index (χ4v) is 2.74. The Kier molecular flexibility index (Phi) is 4.98. The molecule has 0 saturated carbocycles. The summed E-state index contributed by atoms with van der Waals surface area (Å²) in [5, 5.41) is 15.6. The summed E-state index contributed by atoms with van der Waals surface area (Å²) in [5.74, 6) is 1.91. The van der Waals surface area contributed by atoms with Gasteiger partial charge in [-0.1, -0.05) is 36.4 Å². The van der Waals surface area contributed by atoms with Crippen molar-refractivity contribution in [3.05, 3.63) is 90.4 Å². The fourth-order valence-electron chi connectivity index (χ4n) is 2.74. The summed E-state index contributed by atoms with van der Waals surface area (Å²) in [6.07, 6.45) is 1.63. The average molecular weight is 367 g/mol. The van der Waals surface area contributed by atoms with Crippen molar-refractivity contribution in [2.24, 2.45) is 0 Å². The molecule has 0 aliphatic rings. The number of aromatic nitrogens is 2. The van der Waals surface area contributed by atoms with Crippen molar-refractivity contribution in [2.75, 3.05) is 10.6 Å². The van der Waals surface area contributed by atoms with Crippen LogP contribution < -0.4 is 10.6 Å². The summed E-state index contributed by atoms with van der Waals surface area (Å²) in [7, 11) is 0. The smallest absolute Gasteiger partial charge is 0.225 e. The molecular formula is C22H17N5O. The van der Waals surface area contributed by atoms with Crippen LogP contribution >= 0.6 is 0 Å². The minimum absolute atomic E-state index is 0.481. The van der Waals surface area contributed by atoms with Crippen molar-refractivity contribution in [1.82, 2.24) is 9.97 Å². The summed E-state index contributed by atoms with van der Waals surface area (Å²) in [4.78, 5) is 9.17. The Balaban J connectivity index is 1.65. The zero-order chi connectivity index (χ0) is 19.2. The number of nitrogens with one attached hydrogen (secondary N) is 2. The molecule has 28 heavy (non-hydrogen) atoms. The highest BCUT2D eigenvalue weighted by atomic mass is 16.3.